The molecule has 0 radical (unpaired) electrons. The van der Waals surface area contributed by atoms with Crippen LogP contribution in [0.3, 0.4) is 0 Å². The van der Waals surface area contributed by atoms with Gasteiger partial charge >= 0.3 is 13.1 Å². The second kappa shape index (κ2) is 6.47. The number of nitrogens with zero attached hydrogens (tertiary/aromatic N) is 2. The van der Waals surface area contributed by atoms with Crippen molar-refractivity contribution in [2.45, 2.75) is 38.9 Å². The maximum absolute atomic E-state index is 6.03. The van der Waals surface area contributed by atoms with Crippen LogP contribution in [0.5, 0.6) is 11.9 Å². The molecule has 2 rings (SSSR count). The van der Waals surface area contributed by atoms with Gasteiger partial charge in [-0.25, -0.2) is 4.98 Å². The summed E-state index contributed by atoms with van der Waals surface area (Å²) in [7, 11) is 2.52. The Morgan fingerprint density at radius 2 is 1.83 bits per heavy atom. The number of hydrogen-bond donors (Lipinski definition) is 1. The van der Waals surface area contributed by atoms with E-state index in [1.165, 1.54) is 14.2 Å². The molecule has 0 aromatic carbocycles. The number of ether oxygens (including phenoxy) is 2. The highest BCUT2D eigenvalue weighted by molar-refractivity contribution is 6.55. The minimum Gasteiger partial charge on any atom is -0.480 e. The molecule has 1 aliphatic rings. The summed E-state index contributed by atoms with van der Waals surface area (Å²) in [6, 6.07) is 0.240. The second-order valence-electron chi connectivity index (χ2n) is 6.33. The Balaban J connectivity index is 2.33. The molecule has 1 aromatic heterocycles. The van der Waals surface area contributed by atoms with Gasteiger partial charge in [0.2, 0.25) is 5.88 Å². The smallest absolute Gasteiger partial charge is 0.480 e. The number of aromatic nitrogens is 2. The fourth-order valence-corrected chi connectivity index (χ4v) is 2.14. The SMILES string of the molecule is COc1ncc(C=C(CN)B2OC(C)(C)C(C)(C)O2)c(OC)n1. The van der Waals surface area contributed by atoms with E-state index >= 15 is 0 Å². The van der Waals surface area contributed by atoms with Gasteiger partial charge in [-0.3, -0.25) is 0 Å². The molecule has 8 heteroatoms. The highest BCUT2D eigenvalue weighted by Gasteiger charge is 2.52. The minimum atomic E-state index is -0.517. The van der Waals surface area contributed by atoms with Crippen molar-refractivity contribution in [3.05, 3.63) is 17.2 Å². The van der Waals surface area contributed by atoms with Crippen molar-refractivity contribution in [2.24, 2.45) is 5.73 Å². The van der Waals surface area contributed by atoms with Crippen LogP contribution in [0.1, 0.15) is 33.3 Å². The van der Waals surface area contributed by atoms with Gasteiger partial charge in [0.15, 0.2) is 0 Å². The van der Waals surface area contributed by atoms with Crippen LogP contribution in [-0.4, -0.2) is 49.1 Å². The van der Waals surface area contributed by atoms with E-state index < -0.39 is 18.3 Å². The van der Waals surface area contributed by atoms with Crippen molar-refractivity contribution in [3.8, 4) is 11.9 Å². The van der Waals surface area contributed by atoms with Crippen LogP contribution < -0.4 is 15.2 Å². The molecule has 0 atom stereocenters. The fraction of sp³-hybridized carbons (Fsp3) is 0.600. The van der Waals surface area contributed by atoms with Gasteiger partial charge in [0.1, 0.15) is 0 Å². The number of methoxy groups -OCH3 is 2. The average molecular weight is 321 g/mol. The highest BCUT2D eigenvalue weighted by atomic mass is 16.7. The van der Waals surface area contributed by atoms with Gasteiger partial charge in [0.25, 0.3) is 0 Å². The van der Waals surface area contributed by atoms with Crippen LogP contribution >= 0.6 is 0 Å². The van der Waals surface area contributed by atoms with E-state index in [4.69, 9.17) is 24.5 Å². The molecule has 0 unspecified atom stereocenters. The second-order valence-corrected chi connectivity index (χ2v) is 6.33. The summed E-state index contributed by atoms with van der Waals surface area (Å²) in [4.78, 5) is 8.25. The molecular weight excluding hydrogens is 297 g/mol. The summed E-state index contributed by atoms with van der Waals surface area (Å²) in [5, 5.41) is 0. The Bertz CT molecular complexity index is 588. The Morgan fingerprint density at radius 3 is 2.30 bits per heavy atom. The normalized spacial score (nSPS) is 19.8. The fourth-order valence-electron chi connectivity index (χ4n) is 2.14. The predicted molar refractivity (Wildman–Crippen MR) is 88.2 cm³/mol. The van der Waals surface area contributed by atoms with E-state index in [0.717, 1.165) is 5.47 Å². The lowest BCUT2D eigenvalue weighted by Crippen LogP contribution is -2.41. The molecule has 0 saturated carbocycles. The van der Waals surface area contributed by atoms with E-state index in [0.29, 0.717) is 11.4 Å². The predicted octanol–water partition coefficient (Wildman–Crippen LogP) is 1.47. The number of hydrogen-bond acceptors (Lipinski definition) is 7. The molecule has 1 fully saturated rings. The molecule has 0 spiro atoms. The van der Waals surface area contributed by atoms with Gasteiger partial charge in [0, 0.05) is 12.7 Å². The lowest BCUT2D eigenvalue weighted by Gasteiger charge is -2.32. The standard InChI is InChI=1S/C15H24BN3O4/c1-14(2)15(3,4)23-16(22-14)11(8-17)7-10-9-18-13(21-6)19-12(10)20-5/h7,9H,8,17H2,1-6H3. The van der Waals surface area contributed by atoms with Gasteiger partial charge in [-0.15, -0.1) is 0 Å². The van der Waals surface area contributed by atoms with E-state index in [1.807, 2.05) is 33.8 Å². The molecule has 1 aromatic rings. The van der Waals surface area contributed by atoms with Gasteiger partial charge in [-0.1, -0.05) is 6.08 Å². The summed E-state index contributed by atoms with van der Waals surface area (Å²) in [6.45, 7) is 8.28. The molecule has 1 saturated heterocycles. The van der Waals surface area contributed by atoms with Crippen LogP contribution in [-0.2, 0) is 9.31 Å². The lowest BCUT2D eigenvalue weighted by molar-refractivity contribution is 0.00578. The average Bonchev–Trinajstić information content (AvgIpc) is 2.72. The van der Waals surface area contributed by atoms with Gasteiger partial charge in [-0.2, -0.15) is 4.98 Å². The van der Waals surface area contributed by atoms with Crippen molar-refractivity contribution in [3.63, 3.8) is 0 Å². The Kier molecular flexibility index (Phi) is 4.98. The molecule has 2 heterocycles. The zero-order valence-electron chi connectivity index (χ0n) is 14.5. The van der Waals surface area contributed by atoms with Crippen molar-refractivity contribution in [2.75, 3.05) is 20.8 Å². The molecule has 0 amide bonds. The molecular formula is C15H24BN3O4. The van der Waals surface area contributed by atoms with Gasteiger partial charge in [0.05, 0.1) is 31.0 Å². The quantitative estimate of drug-likeness (QED) is 0.821. The number of nitrogens with two attached hydrogens (primary N) is 1. The molecule has 23 heavy (non-hydrogen) atoms. The van der Waals surface area contributed by atoms with Crippen LogP contribution in [0, 0.1) is 0 Å². The molecule has 2 N–H and O–H groups in total. The van der Waals surface area contributed by atoms with E-state index in [-0.39, 0.29) is 12.6 Å². The third-order valence-electron chi connectivity index (χ3n) is 4.27. The van der Waals surface area contributed by atoms with Gasteiger partial charge in [-0.05, 0) is 33.2 Å². The maximum Gasteiger partial charge on any atom is 0.491 e. The monoisotopic (exact) mass is 321 g/mol. The third kappa shape index (κ3) is 3.49. The van der Waals surface area contributed by atoms with Crippen LogP contribution in [0.25, 0.3) is 6.08 Å². The van der Waals surface area contributed by atoms with Gasteiger partial charge < -0.3 is 24.5 Å². The summed E-state index contributed by atoms with van der Waals surface area (Å²) in [5.74, 6) is 0.402. The molecule has 7 nitrogen and oxygen atoms in total. The molecule has 1 aliphatic heterocycles. The topological polar surface area (TPSA) is 88.7 Å². The van der Waals surface area contributed by atoms with Crippen LogP contribution in [0.15, 0.2) is 11.7 Å². The van der Waals surface area contributed by atoms with E-state index in [1.54, 1.807) is 6.20 Å². The van der Waals surface area contributed by atoms with Crippen LogP contribution in [0.4, 0.5) is 0 Å². The largest absolute Gasteiger partial charge is 0.491 e. The van der Waals surface area contributed by atoms with Crippen molar-refractivity contribution in [1.29, 1.82) is 0 Å². The van der Waals surface area contributed by atoms with E-state index in [9.17, 15) is 0 Å². The first-order chi connectivity index (χ1) is 10.7. The summed E-state index contributed by atoms with van der Waals surface area (Å²) < 4.78 is 22.3. The van der Waals surface area contributed by atoms with E-state index in [2.05, 4.69) is 9.97 Å². The Labute approximate surface area is 137 Å². The molecule has 0 bridgehead atoms. The summed E-state index contributed by atoms with van der Waals surface area (Å²) in [5.41, 5.74) is 6.51. The highest BCUT2D eigenvalue weighted by Crippen LogP contribution is 2.38. The zero-order valence-corrected chi connectivity index (χ0v) is 14.5. The third-order valence-corrected chi connectivity index (χ3v) is 4.27. The van der Waals surface area contributed by atoms with Crippen molar-refractivity contribution in [1.82, 2.24) is 9.97 Å². The van der Waals surface area contributed by atoms with Crippen molar-refractivity contribution < 1.29 is 18.8 Å². The maximum atomic E-state index is 6.03. The Morgan fingerprint density at radius 1 is 1.22 bits per heavy atom. The molecule has 126 valence electrons. The van der Waals surface area contributed by atoms with Crippen molar-refractivity contribution >= 4 is 13.2 Å². The first-order valence-corrected chi connectivity index (χ1v) is 7.45. The molecule has 0 aliphatic carbocycles. The minimum absolute atomic E-state index is 0.240. The zero-order chi connectivity index (χ0) is 17.3. The summed E-state index contributed by atoms with van der Waals surface area (Å²) in [6.07, 6.45) is 3.45. The van der Waals surface area contributed by atoms with Crippen LogP contribution in [0.2, 0.25) is 0 Å². The summed E-state index contributed by atoms with van der Waals surface area (Å²) >= 11 is 0. The lowest BCUT2D eigenvalue weighted by atomic mass is 9.77. The number of rotatable bonds is 5. The Hall–Kier alpha value is -1.64. The first-order valence-electron chi connectivity index (χ1n) is 7.45. The first kappa shape index (κ1) is 17.7.